The van der Waals surface area contributed by atoms with Gasteiger partial charge in [-0.3, -0.25) is 14.4 Å². The predicted molar refractivity (Wildman–Crippen MR) is 123 cm³/mol. The molecule has 2 heterocycles. The summed E-state index contributed by atoms with van der Waals surface area (Å²) in [6.45, 7) is 2.88. The summed E-state index contributed by atoms with van der Waals surface area (Å²) in [7, 11) is 1.60. The van der Waals surface area contributed by atoms with Gasteiger partial charge in [-0.25, -0.2) is 8.78 Å². The first-order chi connectivity index (χ1) is 15.6. The third-order valence-electron chi connectivity index (χ3n) is 5.83. The fourth-order valence-corrected chi connectivity index (χ4v) is 4.07. The second-order valence-corrected chi connectivity index (χ2v) is 8.37. The van der Waals surface area contributed by atoms with Crippen molar-refractivity contribution in [3.63, 3.8) is 0 Å². The SMILES string of the molecule is Cc1cc2c(c(=O)n1C)-c1ccc(F)cc1[C@H](C)C(=O)N2CC(=O)Nc1ccc(Cl)c(F)c1. The molecule has 1 aliphatic heterocycles. The Balaban J connectivity index is 1.81. The maximum atomic E-state index is 14.0. The van der Waals surface area contributed by atoms with Gasteiger partial charge in [-0.2, -0.15) is 0 Å². The normalized spacial score (nSPS) is 15.0. The van der Waals surface area contributed by atoms with Gasteiger partial charge in [-0.15, -0.1) is 0 Å². The first-order valence-corrected chi connectivity index (χ1v) is 10.5. The Bertz CT molecular complexity index is 1370. The molecule has 170 valence electrons. The van der Waals surface area contributed by atoms with Gasteiger partial charge in [0.25, 0.3) is 5.56 Å². The highest BCUT2D eigenvalue weighted by Gasteiger charge is 2.34. The molecule has 1 aromatic heterocycles. The lowest BCUT2D eigenvalue weighted by Crippen LogP contribution is -2.40. The number of hydrogen-bond donors (Lipinski definition) is 1. The van der Waals surface area contributed by atoms with Crippen LogP contribution in [0.2, 0.25) is 5.02 Å². The fraction of sp³-hybridized carbons (Fsp3) is 0.208. The van der Waals surface area contributed by atoms with E-state index in [4.69, 9.17) is 11.6 Å². The lowest BCUT2D eigenvalue weighted by molar-refractivity contribution is -0.122. The molecule has 33 heavy (non-hydrogen) atoms. The monoisotopic (exact) mass is 471 g/mol. The molecule has 2 amide bonds. The van der Waals surface area contributed by atoms with Crippen LogP contribution in [0.1, 0.15) is 24.1 Å². The number of nitrogens with zero attached hydrogens (tertiary/aromatic N) is 2. The van der Waals surface area contributed by atoms with Crippen molar-refractivity contribution in [2.75, 3.05) is 16.8 Å². The molecular formula is C24H20ClF2N3O3. The molecular weight excluding hydrogens is 452 g/mol. The molecule has 1 aliphatic rings. The number of nitrogens with one attached hydrogen (secondary N) is 1. The Morgan fingerprint density at radius 1 is 1.12 bits per heavy atom. The average Bonchev–Trinajstić information content (AvgIpc) is 2.84. The van der Waals surface area contributed by atoms with Gasteiger partial charge >= 0.3 is 0 Å². The van der Waals surface area contributed by atoms with Crippen LogP contribution in [-0.2, 0) is 16.6 Å². The first-order valence-electron chi connectivity index (χ1n) is 10.1. The van der Waals surface area contributed by atoms with Gasteiger partial charge in [0, 0.05) is 18.4 Å². The van der Waals surface area contributed by atoms with Gasteiger partial charge in [-0.05, 0) is 61.4 Å². The third-order valence-corrected chi connectivity index (χ3v) is 6.14. The van der Waals surface area contributed by atoms with E-state index in [1.807, 2.05) is 0 Å². The molecule has 6 nitrogen and oxygen atoms in total. The zero-order valence-corrected chi connectivity index (χ0v) is 18.8. The maximum Gasteiger partial charge on any atom is 0.260 e. The summed E-state index contributed by atoms with van der Waals surface area (Å²) in [6, 6.07) is 9.40. The molecule has 9 heteroatoms. The quantitative estimate of drug-likeness (QED) is 0.616. The lowest BCUT2D eigenvalue weighted by atomic mass is 9.92. The number of rotatable bonds is 3. The Morgan fingerprint density at radius 2 is 1.85 bits per heavy atom. The van der Waals surface area contributed by atoms with Crippen LogP contribution < -0.4 is 15.8 Å². The lowest BCUT2D eigenvalue weighted by Gasteiger charge is -2.25. The van der Waals surface area contributed by atoms with Crippen molar-refractivity contribution in [3.05, 3.63) is 80.7 Å². The van der Waals surface area contributed by atoms with Crippen molar-refractivity contribution >= 4 is 34.8 Å². The second-order valence-electron chi connectivity index (χ2n) is 7.96. The van der Waals surface area contributed by atoms with Crippen molar-refractivity contribution in [1.82, 2.24) is 4.57 Å². The van der Waals surface area contributed by atoms with Crippen LogP contribution in [0.5, 0.6) is 0 Å². The molecule has 2 aromatic carbocycles. The van der Waals surface area contributed by atoms with Gasteiger partial charge < -0.3 is 14.8 Å². The highest BCUT2D eigenvalue weighted by molar-refractivity contribution is 6.30. The molecule has 1 atom stereocenters. The molecule has 3 aromatic rings. The minimum absolute atomic E-state index is 0.0882. The number of aromatic nitrogens is 1. The van der Waals surface area contributed by atoms with Crippen LogP contribution in [0.3, 0.4) is 0 Å². The molecule has 0 saturated carbocycles. The van der Waals surface area contributed by atoms with Crippen molar-refractivity contribution < 1.29 is 18.4 Å². The summed E-state index contributed by atoms with van der Waals surface area (Å²) in [6.07, 6.45) is 0. The zero-order valence-electron chi connectivity index (χ0n) is 18.1. The summed E-state index contributed by atoms with van der Waals surface area (Å²) >= 11 is 5.68. The minimum atomic E-state index is -0.811. The minimum Gasteiger partial charge on any atom is -0.324 e. The summed E-state index contributed by atoms with van der Waals surface area (Å²) in [5.41, 5.74) is 1.65. The van der Waals surface area contributed by atoms with Gasteiger partial charge in [0.05, 0.1) is 22.2 Å². The number of hydrogen-bond acceptors (Lipinski definition) is 3. The number of carbonyl (C=O) groups is 2. The number of carbonyl (C=O) groups excluding carboxylic acids is 2. The Hall–Kier alpha value is -3.52. The highest BCUT2D eigenvalue weighted by atomic mass is 35.5. The van der Waals surface area contributed by atoms with Gasteiger partial charge in [-0.1, -0.05) is 17.7 Å². The number of benzene rings is 2. The van der Waals surface area contributed by atoms with Crippen LogP contribution in [0.25, 0.3) is 11.1 Å². The Labute approximate surface area is 193 Å². The smallest absolute Gasteiger partial charge is 0.260 e. The van der Waals surface area contributed by atoms with E-state index in [9.17, 15) is 23.2 Å². The molecule has 0 radical (unpaired) electrons. The fourth-order valence-electron chi connectivity index (χ4n) is 3.96. The third kappa shape index (κ3) is 4.02. The number of fused-ring (bicyclic) bond motifs is 3. The highest BCUT2D eigenvalue weighted by Crippen LogP contribution is 2.39. The number of anilines is 2. The van der Waals surface area contributed by atoms with Gasteiger partial charge in [0.15, 0.2) is 0 Å². The second kappa shape index (κ2) is 8.44. The number of aryl methyl sites for hydroxylation is 1. The molecule has 0 spiro atoms. The van der Waals surface area contributed by atoms with Gasteiger partial charge in [0.2, 0.25) is 11.8 Å². The first kappa shape index (κ1) is 22.7. The van der Waals surface area contributed by atoms with E-state index < -0.39 is 35.9 Å². The van der Waals surface area contributed by atoms with Crippen LogP contribution in [0.4, 0.5) is 20.2 Å². The maximum absolute atomic E-state index is 14.0. The standard InChI is InChI=1S/C24H20ClF2N3O3/c1-12-8-20-22(24(33)29(12)3)16-6-4-14(26)9-17(16)13(2)23(32)30(20)11-21(31)28-15-5-7-18(25)19(27)10-15/h4-10,13H,11H2,1-3H3,(H,28,31)/t13-/m0/s1. The average molecular weight is 472 g/mol. The number of pyridine rings is 1. The molecule has 0 saturated heterocycles. The number of amides is 2. The summed E-state index contributed by atoms with van der Waals surface area (Å²) < 4.78 is 29.2. The van der Waals surface area contributed by atoms with Crippen LogP contribution in [0.15, 0.2) is 47.3 Å². The Morgan fingerprint density at radius 3 is 2.55 bits per heavy atom. The molecule has 0 unspecified atom stereocenters. The summed E-state index contributed by atoms with van der Waals surface area (Å²) in [5, 5.41) is 2.45. The summed E-state index contributed by atoms with van der Waals surface area (Å²) in [4.78, 5) is 40.7. The predicted octanol–water partition coefficient (Wildman–Crippen LogP) is 4.38. The molecule has 0 fully saturated rings. The van der Waals surface area contributed by atoms with E-state index in [1.54, 1.807) is 27.0 Å². The van der Waals surface area contributed by atoms with Crippen molar-refractivity contribution in [1.29, 1.82) is 0 Å². The number of halogens is 3. The molecule has 0 aliphatic carbocycles. The van der Waals surface area contributed by atoms with Crippen LogP contribution >= 0.6 is 11.6 Å². The van der Waals surface area contributed by atoms with E-state index >= 15 is 0 Å². The van der Waals surface area contributed by atoms with Gasteiger partial charge in [0.1, 0.15) is 18.2 Å². The molecule has 0 bridgehead atoms. The summed E-state index contributed by atoms with van der Waals surface area (Å²) in [5.74, 6) is -3.11. The topological polar surface area (TPSA) is 71.4 Å². The largest absolute Gasteiger partial charge is 0.324 e. The van der Waals surface area contributed by atoms with Crippen LogP contribution in [-0.4, -0.2) is 22.9 Å². The van der Waals surface area contributed by atoms with Crippen molar-refractivity contribution in [3.8, 4) is 11.1 Å². The van der Waals surface area contributed by atoms with Crippen molar-refractivity contribution in [2.45, 2.75) is 19.8 Å². The van der Waals surface area contributed by atoms with E-state index in [1.165, 1.54) is 39.8 Å². The molecule has 4 rings (SSSR count). The van der Waals surface area contributed by atoms with Crippen molar-refractivity contribution in [2.24, 2.45) is 7.05 Å². The van der Waals surface area contributed by atoms with Crippen LogP contribution in [0, 0.1) is 18.6 Å². The molecule has 1 N–H and O–H groups in total. The van der Waals surface area contributed by atoms with E-state index in [2.05, 4.69) is 5.32 Å². The van der Waals surface area contributed by atoms with E-state index in [-0.39, 0.29) is 27.5 Å². The van der Waals surface area contributed by atoms with E-state index in [0.717, 1.165) is 6.07 Å². The van der Waals surface area contributed by atoms with E-state index in [0.29, 0.717) is 16.8 Å². The zero-order chi connectivity index (χ0) is 24.0. The Kier molecular flexibility index (Phi) is 5.80.